The number of anilines is 1. The highest BCUT2D eigenvalue weighted by Crippen LogP contribution is 2.05. The lowest BCUT2D eigenvalue weighted by molar-refractivity contribution is -0.128. The zero-order valence-corrected chi connectivity index (χ0v) is 6.69. The Bertz CT molecular complexity index is 243. The first-order valence-electron chi connectivity index (χ1n) is 3.72. The Morgan fingerprint density at radius 3 is 2.58 bits per heavy atom. The fraction of sp³-hybridized carbons (Fsp3) is 0.222. The molecule has 0 aliphatic rings. The van der Waals surface area contributed by atoms with Crippen molar-refractivity contribution in [3.8, 4) is 0 Å². The number of benzene rings is 1. The fourth-order valence-corrected chi connectivity index (χ4v) is 0.909. The van der Waals surface area contributed by atoms with Gasteiger partial charge in [-0.05, 0) is 17.7 Å². The molecule has 0 aliphatic heterocycles. The van der Waals surface area contributed by atoms with Gasteiger partial charge in [0.1, 0.15) is 0 Å². The predicted molar refractivity (Wildman–Crippen MR) is 46.6 cm³/mol. The van der Waals surface area contributed by atoms with Crippen LogP contribution in [0.15, 0.2) is 24.3 Å². The summed E-state index contributed by atoms with van der Waals surface area (Å²) in [6.45, 7) is 0.880. The molecule has 0 unspecified atom stereocenters. The molecule has 3 heteroatoms. The summed E-state index contributed by atoms with van der Waals surface area (Å²) in [5.74, 6) is 0. The lowest BCUT2D eigenvalue weighted by Gasteiger charge is -1.99. The summed E-state index contributed by atoms with van der Waals surface area (Å²) in [5, 5.41) is 0. The van der Waals surface area contributed by atoms with Crippen LogP contribution in [0.2, 0.25) is 0 Å². The van der Waals surface area contributed by atoms with E-state index in [-0.39, 0.29) is 0 Å². The zero-order valence-electron chi connectivity index (χ0n) is 6.69. The van der Waals surface area contributed by atoms with E-state index in [1.807, 2.05) is 24.3 Å². The van der Waals surface area contributed by atoms with Gasteiger partial charge in [-0.3, -0.25) is 4.79 Å². The predicted octanol–water partition coefficient (Wildman–Crippen LogP) is 0.984. The molecule has 64 valence electrons. The number of carbonyl (C=O) groups excluding carboxylic acids is 1. The second-order valence-corrected chi connectivity index (χ2v) is 2.46. The Hall–Kier alpha value is -1.51. The average molecular weight is 165 g/mol. The first-order chi connectivity index (χ1) is 5.83. The largest absolute Gasteiger partial charge is 0.468 e. The quantitative estimate of drug-likeness (QED) is 0.411. The van der Waals surface area contributed by atoms with Crippen LogP contribution < -0.4 is 5.73 Å². The summed E-state index contributed by atoms with van der Waals surface area (Å²) < 4.78 is 4.56. The molecule has 1 aromatic rings. The smallest absolute Gasteiger partial charge is 0.293 e. The molecule has 2 N–H and O–H groups in total. The molecule has 0 aromatic heterocycles. The SMILES string of the molecule is Nc1ccc(CCOC=O)cc1. The molecule has 0 bridgehead atoms. The highest BCUT2D eigenvalue weighted by atomic mass is 16.5. The second-order valence-electron chi connectivity index (χ2n) is 2.46. The summed E-state index contributed by atoms with van der Waals surface area (Å²) in [5.41, 5.74) is 7.36. The number of hydrogen-bond donors (Lipinski definition) is 1. The zero-order chi connectivity index (χ0) is 8.81. The van der Waals surface area contributed by atoms with E-state index in [1.54, 1.807) is 0 Å². The van der Waals surface area contributed by atoms with E-state index in [2.05, 4.69) is 4.74 Å². The van der Waals surface area contributed by atoms with Crippen molar-refractivity contribution in [1.29, 1.82) is 0 Å². The maximum Gasteiger partial charge on any atom is 0.293 e. The molecule has 0 amide bonds. The van der Waals surface area contributed by atoms with Crippen LogP contribution in [0.3, 0.4) is 0 Å². The van der Waals surface area contributed by atoms with Gasteiger partial charge in [-0.1, -0.05) is 12.1 Å². The van der Waals surface area contributed by atoms with Crippen molar-refractivity contribution < 1.29 is 9.53 Å². The van der Waals surface area contributed by atoms with Crippen LogP contribution in [0.25, 0.3) is 0 Å². The highest BCUT2D eigenvalue weighted by Gasteiger charge is 1.91. The minimum absolute atomic E-state index is 0.424. The Morgan fingerprint density at radius 1 is 1.33 bits per heavy atom. The van der Waals surface area contributed by atoms with Gasteiger partial charge in [0.05, 0.1) is 6.61 Å². The van der Waals surface area contributed by atoms with Gasteiger partial charge in [-0.25, -0.2) is 0 Å². The first-order valence-corrected chi connectivity index (χ1v) is 3.72. The topological polar surface area (TPSA) is 52.3 Å². The molecule has 0 saturated heterocycles. The van der Waals surface area contributed by atoms with Gasteiger partial charge >= 0.3 is 0 Å². The van der Waals surface area contributed by atoms with E-state index in [0.717, 1.165) is 17.7 Å². The van der Waals surface area contributed by atoms with Gasteiger partial charge in [0, 0.05) is 12.1 Å². The molecule has 12 heavy (non-hydrogen) atoms. The van der Waals surface area contributed by atoms with Crippen LogP contribution in [0.4, 0.5) is 5.69 Å². The van der Waals surface area contributed by atoms with E-state index in [1.165, 1.54) is 0 Å². The number of nitrogens with two attached hydrogens (primary N) is 1. The van der Waals surface area contributed by atoms with Crippen molar-refractivity contribution in [3.05, 3.63) is 29.8 Å². The van der Waals surface area contributed by atoms with E-state index < -0.39 is 0 Å². The van der Waals surface area contributed by atoms with Gasteiger partial charge in [0.15, 0.2) is 0 Å². The number of nitrogen functional groups attached to an aromatic ring is 1. The van der Waals surface area contributed by atoms with E-state index in [4.69, 9.17) is 5.73 Å². The number of carbonyl (C=O) groups is 1. The molecule has 1 rings (SSSR count). The third kappa shape index (κ3) is 2.62. The van der Waals surface area contributed by atoms with E-state index >= 15 is 0 Å². The van der Waals surface area contributed by atoms with Crippen molar-refractivity contribution in [2.45, 2.75) is 6.42 Å². The van der Waals surface area contributed by atoms with Crippen molar-refractivity contribution in [2.75, 3.05) is 12.3 Å². The molecule has 0 atom stereocenters. The summed E-state index contributed by atoms with van der Waals surface area (Å²) in [7, 11) is 0. The second kappa shape index (κ2) is 4.38. The van der Waals surface area contributed by atoms with Crippen LogP contribution in [-0.2, 0) is 16.0 Å². The normalized spacial score (nSPS) is 9.33. The summed E-state index contributed by atoms with van der Waals surface area (Å²) in [6.07, 6.45) is 0.735. The maximum atomic E-state index is 9.81. The molecular formula is C9H11NO2. The van der Waals surface area contributed by atoms with Crippen molar-refractivity contribution >= 4 is 12.2 Å². The first kappa shape index (κ1) is 8.59. The molecule has 0 fully saturated rings. The molecule has 1 aromatic carbocycles. The van der Waals surface area contributed by atoms with Gasteiger partial charge < -0.3 is 10.5 Å². The molecule has 3 nitrogen and oxygen atoms in total. The lowest BCUT2D eigenvalue weighted by Crippen LogP contribution is -1.96. The molecule has 0 spiro atoms. The third-order valence-corrected chi connectivity index (χ3v) is 1.56. The van der Waals surface area contributed by atoms with Crippen LogP contribution in [0, 0.1) is 0 Å². The van der Waals surface area contributed by atoms with Crippen LogP contribution in [0.5, 0.6) is 0 Å². The summed E-state index contributed by atoms with van der Waals surface area (Å²) in [4.78, 5) is 9.81. The van der Waals surface area contributed by atoms with Crippen molar-refractivity contribution in [3.63, 3.8) is 0 Å². The third-order valence-electron chi connectivity index (χ3n) is 1.56. The molecule has 0 heterocycles. The van der Waals surface area contributed by atoms with Crippen LogP contribution in [0.1, 0.15) is 5.56 Å². The molecule has 0 radical (unpaired) electrons. The Kier molecular flexibility index (Phi) is 3.14. The Balaban J connectivity index is 2.42. The van der Waals surface area contributed by atoms with Crippen molar-refractivity contribution in [2.24, 2.45) is 0 Å². The fourth-order valence-electron chi connectivity index (χ4n) is 0.909. The van der Waals surface area contributed by atoms with Crippen molar-refractivity contribution in [1.82, 2.24) is 0 Å². The van der Waals surface area contributed by atoms with Crippen LogP contribution >= 0.6 is 0 Å². The summed E-state index contributed by atoms with van der Waals surface area (Å²) in [6, 6.07) is 7.50. The van der Waals surface area contributed by atoms with E-state index in [9.17, 15) is 4.79 Å². The summed E-state index contributed by atoms with van der Waals surface area (Å²) >= 11 is 0. The monoisotopic (exact) mass is 165 g/mol. The minimum Gasteiger partial charge on any atom is -0.468 e. The highest BCUT2D eigenvalue weighted by molar-refractivity contribution is 5.39. The standard InChI is InChI=1S/C9H11NO2/c10-9-3-1-8(2-4-9)5-6-12-7-11/h1-4,7H,5-6,10H2. The minimum atomic E-state index is 0.424. The van der Waals surface area contributed by atoms with Gasteiger partial charge in [-0.2, -0.15) is 0 Å². The number of rotatable bonds is 4. The molecule has 0 saturated carbocycles. The van der Waals surface area contributed by atoms with Gasteiger partial charge in [0.25, 0.3) is 6.47 Å². The Morgan fingerprint density at radius 2 is 2.00 bits per heavy atom. The number of ether oxygens (including phenoxy) is 1. The number of hydrogen-bond acceptors (Lipinski definition) is 3. The molecule has 0 aliphatic carbocycles. The van der Waals surface area contributed by atoms with E-state index in [0.29, 0.717) is 13.1 Å². The Labute approximate surface area is 71.1 Å². The van der Waals surface area contributed by atoms with Crippen LogP contribution in [-0.4, -0.2) is 13.1 Å². The van der Waals surface area contributed by atoms with Gasteiger partial charge in [-0.15, -0.1) is 0 Å². The van der Waals surface area contributed by atoms with Gasteiger partial charge in [0.2, 0.25) is 0 Å². The molecular weight excluding hydrogens is 154 g/mol. The average Bonchev–Trinajstić information content (AvgIpc) is 2.09. The maximum absolute atomic E-state index is 9.81. The lowest BCUT2D eigenvalue weighted by atomic mass is 10.1.